The number of carbonyl (C=O) groups is 2. The Labute approximate surface area is 152 Å². The lowest BCUT2D eigenvalue weighted by atomic mass is 9.94. The number of aromatic hydroxyl groups is 1. The highest BCUT2D eigenvalue weighted by molar-refractivity contribution is 5.98. The van der Waals surface area contributed by atoms with Crippen LogP contribution in [-0.4, -0.2) is 30.7 Å². The van der Waals surface area contributed by atoms with Gasteiger partial charge in [0.25, 0.3) is 0 Å². The van der Waals surface area contributed by atoms with Crippen LogP contribution in [0.3, 0.4) is 0 Å². The normalized spacial score (nSPS) is 13.4. The maximum atomic E-state index is 11.9. The van der Waals surface area contributed by atoms with Crippen LogP contribution >= 0.6 is 0 Å². The standard InChI is InChI=1S/C19H25NO6/c1-5-26-20-15(21)9-7-11(2)6-8-13-17(22)16-14(10-25-19(16)23)12(3)18(13)24-4/h6,22H,5,7-10H2,1-4H3,(H,20,21). The zero-order chi connectivity index (χ0) is 19.3. The number of rotatable bonds is 8. The van der Waals surface area contributed by atoms with E-state index in [1.165, 1.54) is 7.11 Å². The average Bonchev–Trinajstić information content (AvgIpc) is 3.02. The Balaban J connectivity index is 2.16. The van der Waals surface area contributed by atoms with Gasteiger partial charge in [0, 0.05) is 17.5 Å². The van der Waals surface area contributed by atoms with E-state index in [0.29, 0.717) is 42.7 Å². The lowest BCUT2D eigenvalue weighted by Crippen LogP contribution is -2.23. The molecule has 1 amide bonds. The van der Waals surface area contributed by atoms with Gasteiger partial charge < -0.3 is 14.6 Å². The molecule has 1 aliphatic heterocycles. The Bertz CT molecular complexity index is 738. The van der Waals surface area contributed by atoms with E-state index >= 15 is 0 Å². The Hall–Kier alpha value is -2.54. The molecule has 7 heteroatoms. The highest BCUT2D eigenvalue weighted by atomic mass is 16.6. The first-order valence-corrected chi connectivity index (χ1v) is 8.55. The maximum Gasteiger partial charge on any atom is 0.342 e. The van der Waals surface area contributed by atoms with Crippen LogP contribution < -0.4 is 10.2 Å². The van der Waals surface area contributed by atoms with Gasteiger partial charge in [-0.05, 0) is 39.2 Å². The van der Waals surface area contributed by atoms with Gasteiger partial charge in [-0.15, -0.1) is 0 Å². The van der Waals surface area contributed by atoms with Crippen molar-refractivity contribution >= 4 is 11.9 Å². The molecule has 0 atom stereocenters. The van der Waals surface area contributed by atoms with Crippen LogP contribution in [0.25, 0.3) is 0 Å². The van der Waals surface area contributed by atoms with Gasteiger partial charge >= 0.3 is 5.97 Å². The number of nitrogens with one attached hydrogen (secondary N) is 1. The Morgan fingerprint density at radius 3 is 2.77 bits per heavy atom. The first kappa shape index (κ1) is 19.8. The molecule has 0 saturated carbocycles. The molecule has 0 saturated heterocycles. The molecule has 0 bridgehead atoms. The minimum atomic E-state index is -0.516. The van der Waals surface area contributed by atoms with E-state index in [2.05, 4.69) is 5.48 Å². The minimum absolute atomic E-state index is 0.0944. The van der Waals surface area contributed by atoms with E-state index in [4.69, 9.17) is 14.3 Å². The Morgan fingerprint density at radius 2 is 2.12 bits per heavy atom. The summed E-state index contributed by atoms with van der Waals surface area (Å²) in [5.41, 5.74) is 5.56. The van der Waals surface area contributed by atoms with E-state index in [-0.39, 0.29) is 23.8 Å². The smallest absolute Gasteiger partial charge is 0.342 e. The van der Waals surface area contributed by atoms with E-state index < -0.39 is 5.97 Å². The number of hydrogen-bond acceptors (Lipinski definition) is 6. The number of hydroxylamine groups is 1. The largest absolute Gasteiger partial charge is 0.507 e. The molecular formula is C19H25NO6. The number of esters is 1. The number of carbonyl (C=O) groups excluding carboxylic acids is 2. The van der Waals surface area contributed by atoms with E-state index in [0.717, 1.165) is 11.1 Å². The lowest BCUT2D eigenvalue weighted by molar-refractivity contribution is -0.133. The minimum Gasteiger partial charge on any atom is -0.507 e. The van der Waals surface area contributed by atoms with Crippen molar-refractivity contribution in [2.45, 2.75) is 46.6 Å². The summed E-state index contributed by atoms with van der Waals surface area (Å²) in [6.45, 7) is 6.11. The van der Waals surface area contributed by atoms with E-state index in [1.807, 2.05) is 19.9 Å². The molecule has 0 radical (unpaired) electrons. The third kappa shape index (κ3) is 4.16. The number of fused-ring (bicyclic) bond motifs is 1. The van der Waals surface area contributed by atoms with E-state index in [1.54, 1.807) is 6.92 Å². The summed E-state index contributed by atoms with van der Waals surface area (Å²) in [6, 6.07) is 0. The number of amides is 1. The van der Waals surface area contributed by atoms with Gasteiger partial charge in [0.2, 0.25) is 5.91 Å². The summed E-state index contributed by atoms with van der Waals surface area (Å²) >= 11 is 0. The van der Waals surface area contributed by atoms with Gasteiger partial charge in [-0.2, -0.15) is 0 Å². The molecule has 1 aliphatic rings. The summed E-state index contributed by atoms with van der Waals surface area (Å²) in [5.74, 6) is -0.241. The van der Waals surface area contributed by atoms with Crippen molar-refractivity contribution in [1.82, 2.24) is 5.48 Å². The third-order valence-corrected chi connectivity index (χ3v) is 4.38. The van der Waals surface area contributed by atoms with Crippen LogP contribution in [0.15, 0.2) is 11.6 Å². The number of allylic oxidation sites excluding steroid dienone is 2. The Kier molecular flexibility index (Phi) is 6.63. The van der Waals surface area contributed by atoms with Gasteiger partial charge in [0.05, 0.1) is 13.7 Å². The van der Waals surface area contributed by atoms with Crippen LogP contribution in [0.4, 0.5) is 0 Å². The number of cyclic esters (lactones) is 1. The first-order chi connectivity index (χ1) is 12.4. The van der Waals surface area contributed by atoms with Gasteiger partial charge in [-0.1, -0.05) is 11.6 Å². The molecule has 0 fully saturated rings. The van der Waals surface area contributed by atoms with E-state index in [9.17, 15) is 14.7 Å². The van der Waals surface area contributed by atoms with Crippen LogP contribution in [-0.2, 0) is 27.4 Å². The van der Waals surface area contributed by atoms with Crippen molar-refractivity contribution < 1.29 is 29.0 Å². The summed E-state index contributed by atoms with van der Waals surface area (Å²) < 4.78 is 10.5. The molecule has 1 aromatic rings. The summed E-state index contributed by atoms with van der Waals surface area (Å²) in [4.78, 5) is 28.3. The molecule has 2 rings (SSSR count). The molecule has 2 N–H and O–H groups in total. The molecule has 0 spiro atoms. The molecule has 142 valence electrons. The summed E-state index contributed by atoms with van der Waals surface area (Å²) in [7, 11) is 1.53. The number of benzene rings is 1. The average molecular weight is 363 g/mol. The number of ether oxygens (including phenoxy) is 2. The first-order valence-electron chi connectivity index (χ1n) is 8.55. The summed E-state index contributed by atoms with van der Waals surface area (Å²) in [5, 5.41) is 10.6. The highest BCUT2D eigenvalue weighted by Gasteiger charge is 2.31. The maximum absolute atomic E-state index is 11.9. The van der Waals surface area contributed by atoms with Gasteiger partial charge in [-0.3, -0.25) is 9.63 Å². The molecule has 1 heterocycles. The van der Waals surface area contributed by atoms with Gasteiger partial charge in [0.15, 0.2) is 0 Å². The zero-order valence-electron chi connectivity index (χ0n) is 15.6. The lowest BCUT2D eigenvalue weighted by Gasteiger charge is -2.15. The molecule has 26 heavy (non-hydrogen) atoms. The predicted octanol–water partition coefficient (Wildman–Crippen LogP) is 2.72. The third-order valence-electron chi connectivity index (χ3n) is 4.38. The number of methoxy groups -OCH3 is 1. The quantitative estimate of drug-likeness (QED) is 0.419. The second kappa shape index (κ2) is 8.71. The molecule has 0 aliphatic carbocycles. The monoisotopic (exact) mass is 363 g/mol. The van der Waals surface area contributed by atoms with Crippen LogP contribution in [0.5, 0.6) is 11.5 Å². The molecule has 0 aromatic heterocycles. The number of phenolic OH excluding ortho intramolecular Hbond substituents is 1. The predicted molar refractivity (Wildman–Crippen MR) is 95.0 cm³/mol. The van der Waals surface area contributed by atoms with Crippen LogP contribution in [0.2, 0.25) is 0 Å². The fourth-order valence-corrected chi connectivity index (χ4v) is 2.92. The van der Waals surface area contributed by atoms with Crippen LogP contribution in [0, 0.1) is 6.92 Å². The zero-order valence-corrected chi connectivity index (χ0v) is 15.6. The number of hydrogen-bond donors (Lipinski definition) is 2. The van der Waals surface area contributed by atoms with Crippen molar-refractivity contribution in [3.8, 4) is 11.5 Å². The number of phenols is 1. The van der Waals surface area contributed by atoms with Gasteiger partial charge in [0.1, 0.15) is 23.7 Å². The molecule has 0 unspecified atom stereocenters. The van der Waals surface area contributed by atoms with Crippen molar-refractivity contribution in [3.05, 3.63) is 33.9 Å². The fraction of sp³-hybridized carbons (Fsp3) is 0.474. The highest BCUT2D eigenvalue weighted by Crippen LogP contribution is 2.42. The fourth-order valence-electron chi connectivity index (χ4n) is 2.92. The van der Waals surface area contributed by atoms with Crippen molar-refractivity contribution in [2.24, 2.45) is 0 Å². The molecule has 1 aromatic carbocycles. The second-order valence-corrected chi connectivity index (χ2v) is 6.13. The summed E-state index contributed by atoms with van der Waals surface area (Å²) in [6.07, 6.45) is 3.17. The van der Waals surface area contributed by atoms with Gasteiger partial charge in [-0.25, -0.2) is 10.3 Å². The molecule has 7 nitrogen and oxygen atoms in total. The van der Waals surface area contributed by atoms with Crippen molar-refractivity contribution in [2.75, 3.05) is 13.7 Å². The van der Waals surface area contributed by atoms with Crippen molar-refractivity contribution in [1.29, 1.82) is 0 Å². The SMILES string of the molecule is CCONC(=O)CCC(C)=CCc1c(O)c2c(c(C)c1OC)COC2=O. The molecular weight excluding hydrogens is 338 g/mol. The second-order valence-electron chi connectivity index (χ2n) is 6.13. The Morgan fingerprint density at radius 1 is 1.38 bits per heavy atom. The van der Waals surface area contributed by atoms with Crippen molar-refractivity contribution in [3.63, 3.8) is 0 Å². The van der Waals surface area contributed by atoms with Crippen LogP contribution in [0.1, 0.15) is 53.7 Å². The topological polar surface area (TPSA) is 94.1 Å².